The van der Waals surface area contributed by atoms with Gasteiger partial charge in [0.15, 0.2) is 0 Å². The summed E-state index contributed by atoms with van der Waals surface area (Å²) in [5.41, 5.74) is 0.0476. The first-order valence-electron chi connectivity index (χ1n) is 4.64. The maximum absolute atomic E-state index is 9.87. The summed E-state index contributed by atoms with van der Waals surface area (Å²) in [5, 5.41) is 9.87. The minimum absolute atomic E-state index is 0.0476. The van der Waals surface area contributed by atoms with Crippen molar-refractivity contribution in [3.05, 3.63) is 0 Å². The molecule has 2 rings (SSSR count). The van der Waals surface area contributed by atoms with Crippen molar-refractivity contribution in [3.8, 4) is 0 Å². The van der Waals surface area contributed by atoms with Crippen LogP contribution in [0.1, 0.15) is 19.8 Å². The van der Waals surface area contributed by atoms with Gasteiger partial charge in [0.1, 0.15) is 0 Å². The molecule has 2 heterocycles. The highest BCUT2D eigenvalue weighted by molar-refractivity contribution is 4.93. The van der Waals surface area contributed by atoms with Gasteiger partial charge in [0.2, 0.25) is 0 Å². The minimum Gasteiger partial charge on any atom is -0.392 e. The number of aliphatic hydroxyl groups is 1. The summed E-state index contributed by atoms with van der Waals surface area (Å²) in [6.07, 6.45) is 1.88. The van der Waals surface area contributed by atoms with Gasteiger partial charge < -0.3 is 14.6 Å². The highest BCUT2D eigenvalue weighted by Gasteiger charge is 2.45. The van der Waals surface area contributed by atoms with Crippen molar-refractivity contribution < 1.29 is 14.6 Å². The molecule has 2 saturated heterocycles. The highest BCUT2D eigenvalue weighted by atomic mass is 16.6. The molecule has 0 spiro atoms. The lowest BCUT2D eigenvalue weighted by Gasteiger charge is -2.44. The van der Waals surface area contributed by atoms with E-state index in [0.717, 1.165) is 32.7 Å². The van der Waals surface area contributed by atoms with E-state index in [9.17, 15) is 5.11 Å². The second-order valence-electron chi connectivity index (χ2n) is 3.92. The number of ether oxygens (including phenoxy) is 2. The van der Waals surface area contributed by atoms with E-state index in [1.54, 1.807) is 0 Å². The molecule has 12 heavy (non-hydrogen) atoms. The maximum atomic E-state index is 9.87. The normalized spacial score (nSPS) is 34.0. The Bertz CT molecular complexity index is 156. The summed E-state index contributed by atoms with van der Waals surface area (Å²) in [4.78, 5) is 0. The van der Waals surface area contributed by atoms with Gasteiger partial charge in [0.05, 0.1) is 32.0 Å². The highest BCUT2D eigenvalue weighted by Crippen LogP contribution is 2.38. The molecular formula is C9H16O3. The smallest absolute Gasteiger partial charge is 0.0834 e. The molecule has 2 aliphatic heterocycles. The molecular weight excluding hydrogens is 156 g/mol. The van der Waals surface area contributed by atoms with Gasteiger partial charge in [0, 0.05) is 11.8 Å². The number of hydrogen-bond donors (Lipinski definition) is 1. The third kappa shape index (κ3) is 1.37. The van der Waals surface area contributed by atoms with E-state index in [1.165, 1.54) is 0 Å². The van der Waals surface area contributed by atoms with E-state index in [-0.39, 0.29) is 11.5 Å². The molecule has 0 aromatic rings. The molecule has 2 fully saturated rings. The number of hydrogen-bond acceptors (Lipinski definition) is 3. The van der Waals surface area contributed by atoms with Crippen LogP contribution < -0.4 is 0 Å². The van der Waals surface area contributed by atoms with E-state index >= 15 is 0 Å². The lowest BCUT2D eigenvalue weighted by atomic mass is 9.76. The zero-order valence-electron chi connectivity index (χ0n) is 7.45. The Morgan fingerprint density at radius 2 is 2.25 bits per heavy atom. The molecule has 1 N–H and O–H groups in total. The van der Waals surface area contributed by atoms with Crippen LogP contribution in [0.3, 0.4) is 0 Å². The standard InChI is InChI=1S/C9H16O3/c1-2-9(5-11-6-9)8(10)3-7-4-12-7/h7-8,10H,2-6H2,1H3. The summed E-state index contributed by atoms with van der Waals surface area (Å²) >= 11 is 0. The van der Waals surface area contributed by atoms with Crippen molar-refractivity contribution in [2.24, 2.45) is 5.41 Å². The van der Waals surface area contributed by atoms with Gasteiger partial charge in [0.25, 0.3) is 0 Å². The molecule has 0 aromatic heterocycles. The first kappa shape index (κ1) is 8.48. The van der Waals surface area contributed by atoms with E-state index in [0.29, 0.717) is 6.10 Å². The SMILES string of the molecule is CCC1(C(O)CC2CO2)COC1. The van der Waals surface area contributed by atoms with Crippen molar-refractivity contribution in [1.82, 2.24) is 0 Å². The average Bonchev–Trinajstić information content (AvgIpc) is 2.70. The maximum Gasteiger partial charge on any atom is 0.0834 e. The second-order valence-corrected chi connectivity index (χ2v) is 3.92. The van der Waals surface area contributed by atoms with Gasteiger partial charge in [-0.3, -0.25) is 0 Å². The van der Waals surface area contributed by atoms with Crippen LogP contribution in [-0.2, 0) is 9.47 Å². The Labute approximate surface area is 72.7 Å². The average molecular weight is 172 g/mol. The van der Waals surface area contributed by atoms with Gasteiger partial charge in [-0.15, -0.1) is 0 Å². The van der Waals surface area contributed by atoms with Crippen LogP contribution in [0.5, 0.6) is 0 Å². The third-order valence-corrected chi connectivity index (χ3v) is 3.08. The van der Waals surface area contributed by atoms with E-state index in [1.807, 2.05) is 0 Å². The molecule has 2 unspecified atom stereocenters. The van der Waals surface area contributed by atoms with Crippen LogP contribution in [-0.4, -0.2) is 37.1 Å². The largest absolute Gasteiger partial charge is 0.392 e. The lowest BCUT2D eigenvalue weighted by Crippen LogP contribution is -2.51. The van der Waals surface area contributed by atoms with E-state index < -0.39 is 0 Å². The predicted octanol–water partition coefficient (Wildman–Crippen LogP) is 0.563. The first-order valence-corrected chi connectivity index (χ1v) is 4.64. The Balaban J connectivity index is 1.86. The van der Waals surface area contributed by atoms with Crippen molar-refractivity contribution >= 4 is 0 Å². The molecule has 2 aliphatic rings. The first-order chi connectivity index (χ1) is 5.77. The van der Waals surface area contributed by atoms with E-state index in [4.69, 9.17) is 9.47 Å². The Morgan fingerprint density at radius 3 is 2.58 bits per heavy atom. The van der Waals surface area contributed by atoms with Crippen molar-refractivity contribution in [2.45, 2.75) is 32.0 Å². The summed E-state index contributed by atoms with van der Waals surface area (Å²) < 4.78 is 10.2. The molecule has 70 valence electrons. The van der Waals surface area contributed by atoms with Crippen LogP contribution in [0.2, 0.25) is 0 Å². The number of epoxide rings is 1. The summed E-state index contributed by atoms with van der Waals surface area (Å²) in [6, 6.07) is 0. The van der Waals surface area contributed by atoms with Crippen LogP contribution in [0.15, 0.2) is 0 Å². The monoisotopic (exact) mass is 172 g/mol. The Morgan fingerprint density at radius 1 is 1.58 bits per heavy atom. The number of aliphatic hydroxyl groups excluding tert-OH is 1. The molecule has 3 nitrogen and oxygen atoms in total. The molecule has 0 saturated carbocycles. The van der Waals surface area contributed by atoms with Crippen molar-refractivity contribution in [3.63, 3.8) is 0 Å². The van der Waals surface area contributed by atoms with Crippen molar-refractivity contribution in [2.75, 3.05) is 19.8 Å². The summed E-state index contributed by atoms with van der Waals surface area (Å²) in [6.45, 7) is 4.38. The van der Waals surface area contributed by atoms with Crippen LogP contribution >= 0.6 is 0 Å². The van der Waals surface area contributed by atoms with Gasteiger partial charge in [-0.05, 0) is 6.42 Å². The molecule has 0 aliphatic carbocycles. The predicted molar refractivity (Wildman–Crippen MR) is 43.9 cm³/mol. The van der Waals surface area contributed by atoms with Crippen LogP contribution in [0.4, 0.5) is 0 Å². The van der Waals surface area contributed by atoms with E-state index in [2.05, 4.69) is 6.92 Å². The molecule has 0 radical (unpaired) electrons. The third-order valence-electron chi connectivity index (χ3n) is 3.08. The Kier molecular flexibility index (Phi) is 2.10. The van der Waals surface area contributed by atoms with Crippen LogP contribution in [0, 0.1) is 5.41 Å². The fraction of sp³-hybridized carbons (Fsp3) is 1.00. The molecule has 0 aromatic carbocycles. The quantitative estimate of drug-likeness (QED) is 0.630. The molecule has 3 heteroatoms. The molecule has 0 bridgehead atoms. The zero-order chi connectivity index (χ0) is 8.60. The summed E-state index contributed by atoms with van der Waals surface area (Å²) in [7, 11) is 0. The lowest BCUT2D eigenvalue weighted by molar-refractivity contribution is -0.175. The minimum atomic E-state index is -0.233. The number of rotatable bonds is 4. The summed E-state index contributed by atoms with van der Waals surface area (Å²) in [5.74, 6) is 0. The second kappa shape index (κ2) is 2.98. The fourth-order valence-corrected chi connectivity index (χ4v) is 1.70. The van der Waals surface area contributed by atoms with Gasteiger partial charge in [-0.1, -0.05) is 6.92 Å². The zero-order valence-corrected chi connectivity index (χ0v) is 7.45. The van der Waals surface area contributed by atoms with Gasteiger partial charge in [-0.25, -0.2) is 0 Å². The molecule has 0 amide bonds. The van der Waals surface area contributed by atoms with Gasteiger partial charge >= 0.3 is 0 Å². The fourth-order valence-electron chi connectivity index (χ4n) is 1.70. The molecule has 2 atom stereocenters. The van der Waals surface area contributed by atoms with Crippen LogP contribution in [0.25, 0.3) is 0 Å². The Hall–Kier alpha value is -0.120. The van der Waals surface area contributed by atoms with Crippen molar-refractivity contribution in [1.29, 1.82) is 0 Å². The van der Waals surface area contributed by atoms with Gasteiger partial charge in [-0.2, -0.15) is 0 Å². The topological polar surface area (TPSA) is 42.0 Å².